The number of rotatable bonds is 10. The molecule has 1 atom stereocenters. The number of amides is 1. The van der Waals surface area contributed by atoms with E-state index in [1.165, 1.54) is 34.1 Å². The quantitative estimate of drug-likeness (QED) is 0.122. The number of ketones is 1. The van der Waals surface area contributed by atoms with E-state index < -0.39 is 23.5 Å². The van der Waals surface area contributed by atoms with Crippen LogP contribution >= 0.6 is 34.7 Å². The Morgan fingerprint density at radius 3 is 2.74 bits per heavy atom. The van der Waals surface area contributed by atoms with Gasteiger partial charge in [-0.25, -0.2) is 0 Å². The smallest absolute Gasteiger partial charge is 0.296 e. The minimum absolute atomic E-state index is 0.0281. The van der Waals surface area contributed by atoms with Crippen molar-refractivity contribution in [2.45, 2.75) is 36.4 Å². The highest BCUT2D eigenvalue weighted by molar-refractivity contribution is 8.00. The Kier molecular flexibility index (Phi) is 8.06. The van der Waals surface area contributed by atoms with Crippen molar-refractivity contribution in [1.29, 1.82) is 0 Å². The van der Waals surface area contributed by atoms with Crippen LogP contribution in [0.25, 0.3) is 0 Å². The van der Waals surface area contributed by atoms with Crippen LogP contribution in [0.4, 0.5) is 5.13 Å². The Balaban J connectivity index is 1.51. The van der Waals surface area contributed by atoms with E-state index in [9.17, 15) is 14.7 Å². The molecule has 200 valence electrons. The van der Waals surface area contributed by atoms with Crippen molar-refractivity contribution in [3.63, 3.8) is 0 Å². The summed E-state index contributed by atoms with van der Waals surface area (Å²) in [6.45, 7) is 4.23. The molecule has 1 aliphatic heterocycles. The predicted molar refractivity (Wildman–Crippen MR) is 151 cm³/mol. The molecule has 11 heteroatoms. The minimum Gasteiger partial charge on any atom is -0.503 e. The van der Waals surface area contributed by atoms with E-state index >= 15 is 0 Å². The van der Waals surface area contributed by atoms with Gasteiger partial charge in [-0.1, -0.05) is 72.0 Å². The molecule has 39 heavy (non-hydrogen) atoms. The first-order valence-electron chi connectivity index (χ1n) is 12.2. The third kappa shape index (κ3) is 5.59. The number of benzene rings is 2. The van der Waals surface area contributed by atoms with E-state index in [4.69, 9.17) is 20.8 Å². The zero-order chi connectivity index (χ0) is 27.5. The lowest BCUT2D eigenvalue weighted by Crippen LogP contribution is -2.31. The van der Waals surface area contributed by atoms with Crippen LogP contribution in [-0.2, 0) is 10.5 Å². The summed E-state index contributed by atoms with van der Waals surface area (Å²) >= 11 is 8.90. The van der Waals surface area contributed by atoms with Crippen LogP contribution in [-0.4, -0.2) is 33.6 Å². The Morgan fingerprint density at radius 2 is 2.00 bits per heavy atom. The van der Waals surface area contributed by atoms with Gasteiger partial charge in [-0.2, -0.15) is 0 Å². The summed E-state index contributed by atoms with van der Waals surface area (Å²) < 4.78 is 11.9. The highest BCUT2D eigenvalue weighted by Crippen LogP contribution is 2.44. The fraction of sp³-hybridized carbons (Fsp3) is 0.214. The van der Waals surface area contributed by atoms with Crippen molar-refractivity contribution in [1.82, 2.24) is 10.2 Å². The molecule has 0 saturated heterocycles. The number of carbonyl (C=O) groups excluding carboxylic acids is 2. The first-order valence-corrected chi connectivity index (χ1v) is 14.4. The lowest BCUT2D eigenvalue weighted by molar-refractivity contribution is -0.117. The van der Waals surface area contributed by atoms with Gasteiger partial charge in [-0.05, 0) is 54.8 Å². The van der Waals surface area contributed by atoms with Crippen LogP contribution < -0.4 is 9.64 Å². The number of Topliss-reactive ketones (excluding diaryl/α,β-unsaturated/α-hetero) is 1. The number of hydrogen-bond acceptors (Lipinski definition) is 9. The average molecular weight is 582 g/mol. The van der Waals surface area contributed by atoms with E-state index in [2.05, 4.69) is 10.2 Å². The number of aliphatic hydroxyl groups is 1. The lowest BCUT2D eigenvalue weighted by Gasteiger charge is -2.24. The zero-order valence-corrected chi connectivity index (χ0v) is 23.5. The topological polar surface area (TPSA) is 106 Å². The van der Waals surface area contributed by atoms with Gasteiger partial charge in [0.05, 0.1) is 18.2 Å². The third-order valence-electron chi connectivity index (χ3n) is 5.97. The van der Waals surface area contributed by atoms with Gasteiger partial charge in [-0.15, -0.1) is 10.2 Å². The molecular formula is C28H24ClN3O5S2. The van der Waals surface area contributed by atoms with Crippen molar-refractivity contribution < 1.29 is 23.8 Å². The highest BCUT2D eigenvalue weighted by Gasteiger charge is 2.46. The molecule has 0 fully saturated rings. The number of carbonyl (C=O) groups is 2. The number of aromatic nitrogens is 2. The number of hydrogen-bond donors (Lipinski definition) is 1. The number of halogens is 1. The van der Waals surface area contributed by atoms with Gasteiger partial charge in [0.15, 0.2) is 15.9 Å². The van der Waals surface area contributed by atoms with E-state index in [1.807, 2.05) is 31.2 Å². The second-order valence-corrected chi connectivity index (χ2v) is 11.3. The molecule has 5 rings (SSSR count). The molecular weight excluding hydrogens is 558 g/mol. The third-order valence-corrected chi connectivity index (χ3v) is 8.45. The molecule has 1 N–H and O–H groups in total. The molecule has 2 aromatic heterocycles. The molecule has 0 spiro atoms. The fourth-order valence-electron chi connectivity index (χ4n) is 4.15. The van der Waals surface area contributed by atoms with Gasteiger partial charge in [-0.3, -0.25) is 14.5 Å². The number of thioether (sulfide) groups is 1. The molecule has 0 saturated carbocycles. The van der Waals surface area contributed by atoms with Crippen molar-refractivity contribution >= 4 is 51.5 Å². The number of furan rings is 1. The molecule has 8 nitrogen and oxygen atoms in total. The summed E-state index contributed by atoms with van der Waals surface area (Å²) in [7, 11) is 0. The van der Waals surface area contributed by atoms with Gasteiger partial charge in [0.2, 0.25) is 10.9 Å². The summed E-state index contributed by atoms with van der Waals surface area (Å²) in [4.78, 5) is 28.3. The van der Waals surface area contributed by atoms with Crippen LogP contribution in [0.3, 0.4) is 0 Å². The van der Waals surface area contributed by atoms with Crippen molar-refractivity contribution in [3.05, 3.63) is 99.7 Å². The molecule has 1 aliphatic rings. The lowest BCUT2D eigenvalue weighted by atomic mass is 9.95. The number of ether oxygens (including phenoxy) is 1. The van der Waals surface area contributed by atoms with Crippen LogP contribution in [0.15, 0.2) is 80.8 Å². The number of aryl methyl sites for hydroxylation is 1. The molecule has 4 aromatic rings. The largest absolute Gasteiger partial charge is 0.503 e. The molecule has 1 amide bonds. The Hall–Kier alpha value is -3.60. The first kappa shape index (κ1) is 27.0. The predicted octanol–water partition coefficient (Wildman–Crippen LogP) is 6.96. The molecule has 0 radical (unpaired) electrons. The summed E-state index contributed by atoms with van der Waals surface area (Å²) in [5.74, 6) is -0.269. The first-order chi connectivity index (χ1) is 18.9. The van der Waals surface area contributed by atoms with Gasteiger partial charge < -0.3 is 14.3 Å². The minimum atomic E-state index is -0.963. The summed E-state index contributed by atoms with van der Waals surface area (Å²) in [6, 6.07) is 16.9. The Bertz CT molecular complexity index is 1560. The molecule has 0 aliphatic carbocycles. The second kappa shape index (κ2) is 11.6. The van der Waals surface area contributed by atoms with Gasteiger partial charge in [0.1, 0.15) is 11.5 Å². The normalized spacial score (nSPS) is 15.3. The maximum atomic E-state index is 13.6. The molecule has 1 unspecified atom stereocenters. The Morgan fingerprint density at radius 1 is 1.18 bits per heavy atom. The fourth-order valence-corrected chi connectivity index (χ4v) is 6.30. The van der Waals surface area contributed by atoms with E-state index in [1.54, 1.807) is 37.3 Å². The maximum Gasteiger partial charge on any atom is 0.296 e. The van der Waals surface area contributed by atoms with Gasteiger partial charge in [0, 0.05) is 10.8 Å². The SMILES string of the molecule is CCCOc1cccc(C2C(C(=O)c3ccc(C)o3)=C(O)C(=O)N2c2nnc(SCc3ccccc3Cl)s2)c1. The van der Waals surface area contributed by atoms with Gasteiger partial charge >= 0.3 is 0 Å². The van der Waals surface area contributed by atoms with Gasteiger partial charge in [0.25, 0.3) is 5.91 Å². The number of nitrogens with zero attached hydrogens (tertiary/aromatic N) is 3. The van der Waals surface area contributed by atoms with Crippen LogP contribution in [0.5, 0.6) is 5.75 Å². The van der Waals surface area contributed by atoms with Crippen molar-refractivity contribution in [2.75, 3.05) is 11.5 Å². The molecule has 3 heterocycles. The molecule has 0 bridgehead atoms. The second-order valence-electron chi connectivity index (χ2n) is 8.73. The monoisotopic (exact) mass is 581 g/mol. The van der Waals surface area contributed by atoms with E-state index in [0.29, 0.717) is 38.8 Å². The average Bonchev–Trinajstić information content (AvgIpc) is 3.65. The van der Waals surface area contributed by atoms with Crippen LogP contribution in [0.2, 0.25) is 5.02 Å². The molecule has 2 aromatic carbocycles. The van der Waals surface area contributed by atoms with Crippen LogP contribution in [0, 0.1) is 6.92 Å². The standard InChI is InChI=1S/C28H24ClN3O5S2/c1-3-13-36-19-9-6-8-17(14-19)23-22(24(33)21-12-11-16(2)37-21)25(34)26(35)32(23)27-30-31-28(39-27)38-15-18-7-4-5-10-20(18)29/h4-12,14,23,34H,3,13,15H2,1-2H3. The number of anilines is 1. The zero-order valence-electron chi connectivity index (χ0n) is 21.1. The summed E-state index contributed by atoms with van der Waals surface area (Å²) in [5.41, 5.74) is 1.43. The van der Waals surface area contributed by atoms with E-state index in [-0.39, 0.29) is 16.5 Å². The van der Waals surface area contributed by atoms with E-state index in [0.717, 1.165) is 12.0 Å². The summed E-state index contributed by atoms with van der Waals surface area (Å²) in [5, 5.41) is 20.4. The maximum absolute atomic E-state index is 13.6. The van der Waals surface area contributed by atoms with Crippen molar-refractivity contribution in [2.24, 2.45) is 0 Å². The number of aliphatic hydroxyl groups excluding tert-OH is 1. The summed E-state index contributed by atoms with van der Waals surface area (Å²) in [6.07, 6.45) is 0.819. The van der Waals surface area contributed by atoms with Crippen molar-refractivity contribution in [3.8, 4) is 5.75 Å². The highest BCUT2D eigenvalue weighted by atomic mass is 35.5. The Labute approximate surface area is 238 Å². The van der Waals surface area contributed by atoms with Crippen LogP contribution in [0.1, 0.15) is 46.8 Å².